The van der Waals surface area contributed by atoms with E-state index in [1.807, 2.05) is 11.3 Å². The van der Waals surface area contributed by atoms with Gasteiger partial charge in [-0.05, 0) is 37.3 Å². The first-order chi connectivity index (χ1) is 6.79. The quantitative estimate of drug-likeness (QED) is 0.681. The van der Waals surface area contributed by atoms with Gasteiger partial charge in [-0.15, -0.1) is 11.3 Å². The van der Waals surface area contributed by atoms with E-state index in [9.17, 15) is 0 Å². The van der Waals surface area contributed by atoms with Gasteiger partial charge in [0, 0.05) is 10.9 Å². The van der Waals surface area contributed by atoms with Crippen LogP contribution in [-0.2, 0) is 6.42 Å². The van der Waals surface area contributed by atoms with Gasteiger partial charge in [0.25, 0.3) is 0 Å². The molecule has 14 heavy (non-hydrogen) atoms. The van der Waals surface area contributed by atoms with Crippen LogP contribution >= 0.6 is 11.3 Å². The third-order valence-corrected chi connectivity index (χ3v) is 3.17. The van der Waals surface area contributed by atoms with Crippen LogP contribution in [0.3, 0.4) is 0 Å². The molecule has 0 saturated carbocycles. The van der Waals surface area contributed by atoms with Crippen LogP contribution in [0.1, 0.15) is 38.0 Å². The third kappa shape index (κ3) is 5.40. The van der Waals surface area contributed by atoms with Crippen LogP contribution in [0.5, 0.6) is 0 Å². The molecule has 1 aromatic rings. The zero-order valence-electron chi connectivity index (χ0n) is 9.25. The smallest absolute Gasteiger partial charge is 0.00452 e. The Morgan fingerprint density at radius 2 is 2.14 bits per heavy atom. The first-order valence-corrected chi connectivity index (χ1v) is 6.43. The largest absolute Gasteiger partial charge is 0.315 e. The fraction of sp³-hybridized carbons (Fsp3) is 0.667. The fourth-order valence-corrected chi connectivity index (χ4v) is 2.20. The Balaban J connectivity index is 1.90. The second-order valence-corrected chi connectivity index (χ2v) is 5.03. The second kappa shape index (κ2) is 7.02. The van der Waals surface area contributed by atoms with Crippen LogP contribution in [0.4, 0.5) is 0 Å². The number of aryl methyl sites for hydroxylation is 1. The van der Waals surface area contributed by atoms with Crippen LogP contribution in [0.25, 0.3) is 0 Å². The van der Waals surface area contributed by atoms with Crippen molar-refractivity contribution in [3.63, 3.8) is 0 Å². The van der Waals surface area contributed by atoms with Crippen molar-refractivity contribution < 1.29 is 0 Å². The van der Waals surface area contributed by atoms with E-state index in [0.29, 0.717) is 6.04 Å². The van der Waals surface area contributed by atoms with Gasteiger partial charge in [-0.1, -0.05) is 26.3 Å². The molecule has 80 valence electrons. The van der Waals surface area contributed by atoms with Crippen LogP contribution < -0.4 is 5.32 Å². The molecule has 0 aliphatic rings. The molecule has 1 rings (SSSR count). The van der Waals surface area contributed by atoms with Gasteiger partial charge in [0.15, 0.2) is 0 Å². The zero-order chi connectivity index (χ0) is 10.2. The molecule has 1 N–H and O–H groups in total. The summed E-state index contributed by atoms with van der Waals surface area (Å²) in [6, 6.07) is 5.00. The van der Waals surface area contributed by atoms with Crippen LogP contribution in [0.15, 0.2) is 17.5 Å². The SMILES string of the molecule is CC(C)NCCCCCc1cccs1. The Morgan fingerprint density at radius 1 is 1.29 bits per heavy atom. The number of hydrogen-bond acceptors (Lipinski definition) is 2. The van der Waals surface area contributed by atoms with E-state index in [2.05, 4.69) is 36.7 Å². The molecular weight excluding hydrogens is 190 g/mol. The summed E-state index contributed by atoms with van der Waals surface area (Å²) in [5.74, 6) is 0. The lowest BCUT2D eigenvalue weighted by molar-refractivity contribution is 0.549. The molecule has 1 heterocycles. The van der Waals surface area contributed by atoms with Crippen molar-refractivity contribution >= 4 is 11.3 Å². The lowest BCUT2D eigenvalue weighted by Gasteiger charge is -2.06. The van der Waals surface area contributed by atoms with Crippen molar-refractivity contribution in [3.8, 4) is 0 Å². The summed E-state index contributed by atoms with van der Waals surface area (Å²) < 4.78 is 0. The molecule has 1 nitrogen and oxygen atoms in total. The van der Waals surface area contributed by atoms with Crippen LogP contribution in [0.2, 0.25) is 0 Å². The van der Waals surface area contributed by atoms with Gasteiger partial charge >= 0.3 is 0 Å². The normalized spacial score (nSPS) is 11.1. The zero-order valence-corrected chi connectivity index (χ0v) is 10.1. The average molecular weight is 211 g/mol. The molecule has 0 unspecified atom stereocenters. The molecule has 1 aromatic heterocycles. The van der Waals surface area contributed by atoms with E-state index in [4.69, 9.17) is 0 Å². The highest BCUT2D eigenvalue weighted by Gasteiger charge is 1.95. The molecule has 2 heteroatoms. The molecule has 0 atom stereocenters. The molecule has 0 bridgehead atoms. The highest BCUT2D eigenvalue weighted by atomic mass is 32.1. The van der Waals surface area contributed by atoms with E-state index in [1.54, 1.807) is 0 Å². The Hall–Kier alpha value is -0.340. The van der Waals surface area contributed by atoms with E-state index in [1.165, 1.54) is 37.1 Å². The lowest BCUT2D eigenvalue weighted by Crippen LogP contribution is -2.23. The van der Waals surface area contributed by atoms with Crippen LogP contribution in [0, 0.1) is 0 Å². The predicted molar refractivity (Wildman–Crippen MR) is 65.0 cm³/mol. The summed E-state index contributed by atoms with van der Waals surface area (Å²) in [4.78, 5) is 1.53. The molecule has 0 radical (unpaired) electrons. The monoisotopic (exact) mass is 211 g/mol. The van der Waals surface area contributed by atoms with E-state index < -0.39 is 0 Å². The third-order valence-electron chi connectivity index (χ3n) is 2.23. The molecule has 0 aliphatic carbocycles. The lowest BCUT2D eigenvalue weighted by atomic mass is 10.1. The Bertz CT molecular complexity index is 216. The Morgan fingerprint density at radius 3 is 2.79 bits per heavy atom. The first-order valence-electron chi connectivity index (χ1n) is 5.55. The van der Waals surface area contributed by atoms with Crippen molar-refractivity contribution in [2.24, 2.45) is 0 Å². The number of rotatable bonds is 7. The Kier molecular flexibility index (Phi) is 5.88. The van der Waals surface area contributed by atoms with Gasteiger partial charge in [0.1, 0.15) is 0 Å². The first kappa shape index (κ1) is 11.7. The van der Waals surface area contributed by atoms with Crippen molar-refractivity contribution in [1.29, 1.82) is 0 Å². The van der Waals surface area contributed by atoms with Gasteiger partial charge < -0.3 is 5.32 Å². The number of unbranched alkanes of at least 4 members (excludes halogenated alkanes) is 2. The van der Waals surface area contributed by atoms with E-state index in [0.717, 1.165) is 0 Å². The highest BCUT2D eigenvalue weighted by Crippen LogP contribution is 2.12. The highest BCUT2D eigenvalue weighted by molar-refractivity contribution is 7.09. The van der Waals surface area contributed by atoms with Gasteiger partial charge in [-0.2, -0.15) is 0 Å². The van der Waals surface area contributed by atoms with E-state index >= 15 is 0 Å². The molecule has 0 fully saturated rings. The Labute approximate surface area is 91.5 Å². The molecule has 0 aromatic carbocycles. The molecular formula is C12H21NS. The number of thiophene rings is 1. The van der Waals surface area contributed by atoms with Crippen molar-refractivity contribution in [3.05, 3.63) is 22.4 Å². The number of hydrogen-bond donors (Lipinski definition) is 1. The molecule has 0 saturated heterocycles. The van der Waals surface area contributed by atoms with Gasteiger partial charge in [-0.25, -0.2) is 0 Å². The molecule has 0 amide bonds. The summed E-state index contributed by atoms with van der Waals surface area (Å²) in [6.07, 6.45) is 5.25. The van der Waals surface area contributed by atoms with Gasteiger partial charge in [0.2, 0.25) is 0 Å². The van der Waals surface area contributed by atoms with Crippen LogP contribution in [-0.4, -0.2) is 12.6 Å². The minimum atomic E-state index is 0.632. The summed E-state index contributed by atoms with van der Waals surface area (Å²) in [5.41, 5.74) is 0. The maximum absolute atomic E-state index is 3.44. The fourth-order valence-electron chi connectivity index (χ4n) is 1.45. The minimum absolute atomic E-state index is 0.632. The van der Waals surface area contributed by atoms with Crippen molar-refractivity contribution in [2.75, 3.05) is 6.54 Å². The number of nitrogens with one attached hydrogen (secondary N) is 1. The molecule has 0 spiro atoms. The average Bonchev–Trinajstić information content (AvgIpc) is 2.63. The predicted octanol–water partition coefficient (Wildman–Crippen LogP) is 3.46. The van der Waals surface area contributed by atoms with Crippen molar-refractivity contribution in [2.45, 2.75) is 45.6 Å². The van der Waals surface area contributed by atoms with Gasteiger partial charge in [0.05, 0.1) is 0 Å². The second-order valence-electron chi connectivity index (χ2n) is 4.00. The maximum atomic E-state index is 3.44. The summed E-state index contributed by atoms with van der Waals surface area (Å²) >= 11 is 1.88. The van der Waals surface area contributed by atoms with E-state index in [-0.39, 0.29) is 0 Å². The molecule has 0 aliphatic heterocycles. The van der Waals surface area contributed by atoms with Gasteiger partial charge in [-0.3, -0.25) is 0 Å². The minimum Gasteiger partial charge on any atom is -0.315 e. The summed E-state index contributed by atoms with van der Waals surface area (Å²) in [6.45, 7) is 5.57. The summed E-state index contributed by atoms with van der Waals surface area (Å²) in [5, 5.41) is 5.60. The maximum Gasteiger partial charge on any atom is 0.00452 e. The standard InChI is InChI=1S/C12H21NS/c1-11(2)13-9-5-3-4-7-12-8-6-10-14-12/h6,8,10-11,13H,3-5,7,9H2,1-2H3. The topological polar surface area (TPSA) is 12.0 Å². The summed E-state index contributed by atoms with van der Waals surface area (Å²) in [7, 11) is 0. The van der Waals surface area contributed by atoms with Crippen molar-refractivity contribution in [1.82, 2.24) is 5.32 Å².